The summed E-state index contributed by atoms with van der Waals surface area (Å²) in [6.45, 7) is 0. The van der Waals surface area contributed by atoms with Crippen molar-refractivity contribution in [3.05, 3.63) is 63.2 Å². The highest BCUT2D eigenvalue weighted by Gasteiger charge is 2.15. The minimum Gasteiger partial charge on any atom is -0.320 e. The second kappa shape index (κ2) is 4.88. The van der Waals surface area contributed by atoms with Crippen molar-refractivity contribution in [3.63, 3.8) is 0 Å². The number of nitrogens with zero attached hydrogens (tertiary/aromatic N) is 1. The van der Waals surface area contributed by atoms with Gasteiger partial charge in [-0.15, -0.1) is 0 Å². The number of rotatable bonds is 2. The van der Waals surface area contributed by atoms with Crippen molar-refractivity contribution in [2.24, 2.45) is 5.73 Å². The number of hydrogen-bond acceptors (Lipinski definition) is 2. The summed E-state index contributed by atoms with van der Waals surface area (Å²) < 4.78 is 14.5. The van der Waals surface area contributed by atoms with E-state index < -0.39 is 6.04 Å². The van der Waals surface area contributed by atoms with Crippen LogP contribution < -0.4 is 5.73 Å². The van der Waals surface area contributed by atoms with Crippen LogP contribution in [0.15, 0.2) is 42.7 Å². The topological polar surface area (TPSA) is 38.9 Å². The molecule has 0 fully saturated rings. The third-order valence-corrected chi connectivity index (χ3v) is 3.36. The van der Waals surface area contributed by atoms with E-state index in [-0.39, 0.29) is 5.82 Å². The lowest BCUT2D eigenvalue weighted by atomic mass is 10.0. The quantitative estimate of drug-likeness (QED) is 0.861. The number of nitrogens with two attached hydrogens (primary N) is 1. The summed E-state index contributed by atoms with van der Waals surface area (Å²) >= 11 is 2.20. The van der Waals surface area contributed by atoms with Crippen molar-refractivity contribution in [1.29, 1.82) is 0 Å². The molecule has 0 saturated carbocycles. The summed E-state index contributed by atoms with van der Waals surface area (Å²) in [6.07, 6.45) is 2.74. The molecule has 16 heavy (non-hydrogen) atoms. The molecule has 4 heteroatoms. The van der Waals surface area contributed by atoms with Gasteiger partial charge in [0, 0.05) is 15.3 Å². The van der Waals surface area contributed by atoms with Crippen molar-refractivity contribution in [2.75, 3.05) is 0 Å². The van der Waals surface area contributed by atoms with E-state index in [1.165, 1.54) is 6.20 Å². The summed E-state index contributed by atoms with van der Waals surface area (Å²) in [6, 6.07) is 8.86. The molecule has 0 saturated heterocycles. The fourth-order valence-electron chi connectivity index (χ4n) is 1.53. The van der Waals surface area contributed by atoms with Crippen LogP contribution in [0.3, 0.4) is 0 Å². The van der Waals surface area contributed by atoms with Gasteiger partial charge in [-0.05, 0) is 40.3 Å². The lowest BCUT2D eigenvalue weighted by molar-refractivity contribution is 0.593. The first-order chi connectivity index (χ1) is 7.70. The smallest absolute Gasteiger partial charge is 0.146 e. The number of pyridine rings is 1. The second-order valence-electron chi connectivity index (χ2n) is 3.40. The predicted octanol–water partition coefficient (Wildman–Crippen LogP) is 2.87. The van der Waals surface area contributed by atoms with E-state index in [0.717, 1.165) is 9.13 Å². The zero-order valence-electron chi connectivity index (χ0n) is 8.40. The number of halogens is 2. The van der Waals surface area contributed by atoms with Gasteiger partial charge in [-0.1, -0.05) is 18.2 Å². The number of hydrogen-bond donors (Lipinski definition) is 1. The fraction of sp³-hybridized carbons (Fsp3) is 0.0833. The third-order valence-electron chi connectivity index (χ3n) is 2.38. The average molecular weight is 328 g/mol. The van der Waals surface area contributed by atoms with Crippen molar-refractivity contribution in [3.8, 4) is 0 Å². The predicted molar refractivity (Wildman–Crippen MR) is 69.4 cm³/mol. The van der Waals surface area contributed by atoms with E-state index in [2.05, 4.69) is 27.6 Å². The van der Waals surface area contributed by atoms with Gasteiger partial charge in [0.25, 0.3) is 0 Å². The van der Waals surface area contributed by atoms with Crippen molar-refractivity contribution < 1.29 is 4.39 Å². The van der Waals surface area contributed by atoms with Gasteiger partial charge in [0.15, 0.2) is 0 Å². The molecular formula is C12H10FIN2. The SMILES string of the molecule is NC(c1ccncc1F)c1ccccc1I. The van der Waals surface area contributed by atoms with E-state index in [9.17, 15) is 4.39 Å². The maximum absolute atomic E-state index is 13.5. The van der Waals surface area contributed by atoms with Crippen LogP contribution in [-0.2, 0) is 0 Å². The molecule has 1 aromatic heterocycles. The van der Waals surface area contributed by atoms with E-state index in [1.807, 2.05) is 24.3 Å². The van der Waals surface area contributed by atoms with Crippen molar-refractivity contribution in [2.45, 2.75) is 6.04 Å². The normalized spacial score (nSPS) is 12.4. The van der Waals surface area contributed by atoms with Crippen LogP contribution in [-0.4, -0.2) is 4.98 Å². The van der Waals surface area contributed by atoms with E-state index in [1.54, 1.807) is 12.3 Å². The van der Waals surface area contributed by atoms with Crippen molar-refractivity contribution >= 4 is 22.6 Å². The van der Waals surface area contributed by atoms with E-state index in [0.29, 0.717) is 5.56 Å². The molecule has 2 aromatic rings. The largest absolute Gasteiger partial charge is 0.320 e. The molecule has 2 N–H and O–H groups in total. The molecule has 0 aliphatic rings. The van der Waals surface area contributed by atoms with Gasteiger partial charge in [0.05, 0.1) is 12.2 Å². The highest BCUT2D eigenvalue weighted by atomic mass is 127. The Kier molecular flexibility index (Phi) is 3.50. The minimum absolute atomic E-state index is 0.366. The second-order valence-corrected chi connectivity index (χ2v) is 4.56. The van der Waals surface area contributed by atoms with Gasteiger partial charge in [-0.25, -0.2) is 4.39 Å². The Balaban J connectivity index is 2.44. The van der Waals surface area contributed by atoms with Gasteiger partial charge < -0.3 is 5.73 Å². The van der Waals surface area contributed by atoms with Crippen LogP contribution in [0, 0.1) is 9.39 Å². The van der Waals surface area contributed by atoms with Crippen molar-refractivity contribution in [1.82, 2.24) is 4.98 Å². The van der Waals surface area contributed by atoms with Crippen LogP contribution >= 0.6 is 22.6 Å². The van der Waals surface area contributed by atoms with Crippen LogP contribution in [0.25, 0.3) is 0 Å². The van der Waals surface area contributed by atoms with E-state index >= 15 is 0 Å². The summed E-state index contributed by atoms with van der Waals surface area (Å²) in [4.78, 5) is 3.71. The highest BCUT2D eigenvalue weighted by molar-refractivity contribution is 14.1. The first-order valence-electron chi connectivity index (χ1n) is 4.79. The monoisotopic (exact) mass is 328 g/mol. The maximum atomic E-state index is 13.5. The summed E-state index contributed by atoms with van der Waals surface area (Å²) in [5.74, 6) is -0.366. The molecular weight excluding hydrogens is 318 g/mol. The Morgan fingerprint density at radius 3 is 2.62 bits per heavy atom. The number of benzene rings is 1. The average Bonchev–Trinajstić information content (AvgIpc) is 2.29. The molecule has 1 atom stereocenters. The summed E-state index contributed by atoms with van der Waals surface area (Å²) in [7, 11) is 0. The molecule has 82 valence electrons. The molecule has 1 heterocycles. The van der Waals surface area contributed by atoms with Gasteiger partial charge in [0.2, 0.25) is 0 Å². The van der Waals surface area contributed by atoms with Gasteiger partial charge in [-0.2, -0.15) is 0 Å². The molecule has 0 aliphatic heterocycles. The summed E-state index contributed by atoms with van der Waals surface area (Å²) in [5, 5.41) is 0. The Bertz CT molecular complexity index is 456. The lowest BCUT2D eigenvalue weighted by Crippen LogP contribution is -2.15. The number of aromatic nitrogens is 1. The Morgan fingerprint density at radius 2 is 1.94 bits per heavy atom. The highest BCUT2D eigenvalue weighted by Crippen LogP contribution is 2.25. The van der Waals surface area contributed by atoms with Crippen LogP contribution in [0.4, 0.5) is 4.39 Å². The van der Waals surface area contributed by atoms with Crippen LogP contribution in [0.1, 0.15) is 17.2 Å². The molecule has 2 nitrogen and oxygen atoms in total. The molecule has 0 bridgehead atoms. The fourth-order valence-corrected chi connectivity index (χ4v) is 2.26. The first-order valence-corrected chi connectivity index (χ1v) is 5.87. The standard InChI is InChI=1S/C12H10FIN2/c13-10-7-16-6-5-8(10)12(15)9-3-1-2-4-11(9)14/h1-7,12H,15H2. The van der Waals surface area contributed by atoms with Gasteiger partial charge in [-0.3, -0.25) is 4.98 Å². The molecule has 0 radical (unpaired) electrons. The lowest BCUT2D eigenvalue weighted by Gasteiger charge is -2.14. The Morgan fingerprint density at radius 1 is 1.19 bits per heavy atom. The molecule has 1 aromatic carbocycles. The Hall–Kier alpha value is -1.01. The zero-order chi connectivity index (χ0) is 11.5. The van der Waals surface area contributed by atoms with Crippen LogP contribution in [0.2, 0.25) is 0 Å². The van der Waals surface area contributed by atoms with Crippen LogP contribution in [0.5, 0.6) is 0 Å². The first kappa shape index (κ1) is 11.5. The Labute approximate surface area is 107 Å². The molecule has 0 spiro atoms. The van der Waals surface area contributed by atoms with Gasteiger partial charge in [0.1, 0.15) is 5.82 Å². The molecule has 0 amide bonds. The molecule has 0 aliphatic carbocycles. The zero-order valence-corrected chi connectivity index (χ0v) is 10.6. The molecule has 1 unspecified atom stereocenters. The third kappa shape index (κ3) is 2.22. The molecule has 2 rings (SSSR count). The van der Waals surface area contributed by atoms with E-state index in [4.69, 9.17) is 5.73 Å². The minimum atomic E-state index is -0.448. The maximum Gasteiger partial charge on any atom is 0.146 e. The summed E-state index contributed by atoms with van der Waals surface area (Å²) in [5.41, 5.74) is 7.44. The van der Waals surface area contributed by atoms with Gasteiger partial charge >= 0.3 is 0 Å².